The van der Waals surface area contributed by atoms with Crippen LogP contribution in [-0.2, 0) is 10.0 Å². The van der Waals surface area contributed by atoms with Gasteiger partial charge in [0.1, 0.15) is 4.90 Å². The third-order valence-electron chi connectivity index (χ3n) is 4.21. The lowest BCUT2D eigenvalue weighted by atomic mass is 10.0. The highest BCUT2D eigenvalue weighted by atomic mass is 35.5. The zero-order valence-corrected chi connectivity index (χ0v) is 13.2. The van der Waals surface area contributed by atoms with Gasteiger partial charge in [-0.2, -0.15) is 0 Å². The number of nitro groups is 1. The average molecular weight is 346 g/mol. The number of sulfonamides is 1. The van der Waals surface area contributed by atoms with E-state index in [0.717, 1.165) is 37.8 Å². The molecule has 120 valence electrons. The zero-order chi connectivity index (χ0) is 15.9. The summed E-state index contributed by atoms with van der Waals surface area (Å²) in [5.41, 5.74) is -0.233. The summed E-state index contributed by atoms with van der Waals surface area (Å²) in [6.45, 7) is 0. The summed E-state index contributed by atoms with van der Waals surface area (Å²) in [6, 6.07) is 3.97. The second-order valence-corrected chi connectivity index (χ2v) is 7.89. The van der Waals surface area contributed by atoms with Crippen LogP contribution in [-0.4, -0.2) is 31.5 Å². The molecular weight excluding hydrogens is 330 g/mol. The van der Waals surface area contributed by atoms with E-state index in [1.807, 2.05) is 0 Å². The molecule has 0 amide bonds. The summed E-state index contributed by atoms with van der Waals surface area (Å²) in [6.07, 6.45) is 3.64. The number of nitrogens with zero attached hydrogens (tertiary/aromatic N) is 1. The van der Waals surface area contributed by atoms with E-state index in [1.54, 1.807) is 0 Å². The van der Waals surface area contributed by atoms with Crippen molar-refractivity contribution < 1.29 is 13.3 Å². The van der Waals surface area contributed by atoms with Gasteiger partial charge in [0.15, 0.2) is 0 Å². The molecule has 2 saturated heterocycles. The molecule has 2 unspecified atom stereocenters. The van der Waals surface area contributed by atoms with Crippen molar-refractivity contribution in [3.05, 3.63) is 33.3 Å². The fourth-order valence-corrected chi connectivity index (χ4v) is 5.06. The third kappa shape index (κ3) is 3.10. The van der Waals surface area contributed by atoms with Crippen LogP contribution in [0.2, 0.25) is 5.02 Å². The molecular formula is C13H16ClN3O4S. The number of benzene rings is 1. The molecule has 2 aliphatic rings. The molecule has 22 heavy (non-hydrogen) atoms. The largest absolute Gasteiger partial charge is 0.311 e. The van der Waals surface area contributed by atoms with Crippen LogP contribution in [0.4, 0.5) is 5.69 Å². The number of hydrogen-bond donors (Lipinski definition) is 2. The zero-order valence-electron chi connectivity index (χ0n) is 11.7. The van der Waals surface area contributed by atoms with Crippen molar-refractivity contribution in [3.8, 4) is 0 Å². The van der Waals surface area contributed by atoms with Crippen LogP contribution in [0.25, 0.3) is 0 Å². The van der Waals surface area contributed by atoms with Crippen molar-refractivity contribution in [2.24, 2.45) is 0 Å². The molecule has 2 atom stereocenters. The fourth-order valence-electron chi connectivity index (χ4n) is 3.26. The second kappa shape index (κ2) is 5.77. The maximum absolute atomic E-state index is 12.5. The van der Waals surface area contributed by atoms with Gasteiger partial charge in [-0.3, -0.25) is 10.1 Å². The first-order chi connectivity index (χ1) is 10.3. The molecule has 0 aliphatic carbocycles. The lowest BCUT2D eigenvalue weighted by molar-refractivity contribution is -0.384. The highest BCUT2D eigenvalue weighted by Crippen LogP contribution is 2.30. The van der Waals surface area contributed by atoms with Gasteiger partial charge in [-0.15, -0.1) is 0 Å². The topological polar surface area (TPSA) is 101 Å². The maximum Gasteiger partial charge on any atom is 0.271 e. The number of hydrogen-bond acceptors (Lipinski definition) is 5. The molecule has 1 aromatic carbocycles. The fraction of sp³-hybridized carbons (Fsp3) is 0.538. The van der Waals surface area contributed by atoms with Gasteiger partial charge in [0.2, 0.25) is 10.0 Å². The molecule has 2 fully saturated rings. The first kappa shape index (κ1) is 15.7. The number of rotatable bonds is 4. The van der Waals surface area contributed by atoms with Gasteiger partial charge in [-0.25, -0.2) is 13.1 Å². The minimum absolute atomic E-state index is 0.120. The van der Waals surface area contributed by atoms with Crippen LogP contribution < -0.4 is 10.0 Å². The first-order valence-electron chi connectivity index (χ1n) is 7.07. The molecule has 3 rings (SSSR count). The number of nitro benzene ring substituents is 1. The van der Waals surface area contributed by atoms with Crippen molar-refractivity contribution in [2.75, 3.05) is 0 Å². The Labute approximate surface area is 133 Å². The van der Waals surface area contributed by atoms with Gasteiger partial charge in [0.05, 0.1) is 9.95 Å². The molecule has 7 nitrogen and oxygen atoms in total. The van der Waals surface area contributed by atoms with Crippen molar-refractivity contribution in [1.29, 1.82) is 0 Å². The predicted octanol–water partition coefficient (Wildman–Crippen LogP) is 1.81. The molecule has 0 radical (unpaired) electrons. The number of nitrogens with one attached hydrogen (secondary N) is 2. The molecule has 9 heteroatoms. The Hall–Kier alpha value is -1.22. The van der Waals surface area contributed by atoms with E-state index >= 15 is 0 Å². The Morgan fingerprint density at radius 2 is 1.91 bits per heavy atom. The van der Waals surface area contributed by atoms with Crippen molar-refractivity contribution in [2.45, 2.75) is 48.7 Å². The summed E-state index contributed by atoms with van der Waals surface area (Å²) >= 11 is 5.91. The van der Waals surface area contributed by atoms with Crippen LogP contribution in [0.5, 0.6) is 0 Å². The summed E-state index contributed by atoms with van der Waals surface area (Å²) in [5, 5.41) is 14.0. The van der Waals surface area contributed by atoms with Gasteiger partial charge in [-0.05, 0) is 31.7 Å². The predicted molar refractivity (Wildman–Crippen MR) is 81.4 cm³/mol. The second-order valence-electron chi connectivity index (χ2n) is 5.80. The van der Waals surface area contributed by atoms with E-state index < -0.39 is 14.9 Å². The van der Waals surface area contributed by atoms with Crippen LogP contribution in [0.1, 0.15) is 25.7 Å². The lowest BCUT2D eigenvalue weighted by Gasteiger charge is -2.29. The summed E-state index contributed by atoms with van der Waals surface area (Å²) < 4.78 is 27.6. The standard InChI is InChI=1S/C13H16ClN3O4S/c14-12-7-11(17(18)19)3-4-13(12)22(20,21)16-10-5-8-1-2-9(6-10)15-8/h3-4,7-10,15-16H,1-2,5-6H2. The van der Waals surface area contributed by atoms with Gasteiger partial charge in [-0.1, -0.05) is 11.6 Å². The highest BCUT2D eigenvalue weighted by Gasteiger charge is 2.35. The molecule has 2 aliphatic heterocycles. The summed E-state index contributed by atoms with van der Waals surface area (Å²) in [5.74, 6) is 0. The van der Waals surface area contributed by atoms with Crippen molar-refractivity contribution in [3.63, 3.8) is 0 Å². The Balaban J connectivity index is 1.79. The highest BCUT2D eigenvalue weighted by molar-refractivity contribution is 7.89. The van der Waals surface area contributed by atoms with Gasteiger partial charge in [0.25, 0.3) is 5.69 Å². The van der Waals surface area contributed by atoms with E-state index in [0.29, 0.717) is 12.1 Å². The van der Waals surface area contributed by atoms with Crippen LogP contribution in [0.15, 0.2) is 23.1 Å². The van der Waals surface area contributed by atoms with Crippen LogP contribution >= 0.6 is 11.6 Å². The van der Waals surface area contributed by atoms with Gasteiger partial charge >= 0.3 is 0 Å². The normalized spacial score (nSPS) is 27.8. The lowest BCUT2D eigenvalue weighted by Crippen LogP contribution is -2.47. The van der Waals surface area contributed by atoms with E-state index in [1.165, 1.54) is 6.07 Å². The minimum Gasteiger partial charge on any atom is -0.311 e. The van der Waals surface area contributed by atoms with Crippen molar-refractivity contribution >= 4 is 27.3 Å². The third-order valence-corrected chi connectivity index (χ3v) is 6.21. The van der Waals surface area contributed by atoms with E-state index in [9.17, 15) is 18.5 Å². The minimum atomic E-state index is -3.78. The molecule has 0 saturated carbocycles. The monoisotopic (exact) mass is 345 g/mol. The first-order valence-corrected chi connectivity index (χ1v) is 8.93. The molecule has 1 aromatic rings. The van der Waals surface area contributed by atoms with Crippen LogP contribution in [0.3, 0.4) is 0 Å². The summed E-state index contributed by atoms with van der Waals surface area (Å²) in [4.78, 5) is 9.95. The molecule has 0 aromatic heterocycles. The number of fused-ring (bicyclic) bond motifs is 2. The average Bonchev–Trinajstić information content (AvgIpc) is 2.77. The maximum atomic E-state index is 12.5. The summed E-state index contributed by atoms with van der Waals surface area (Å²) in [7, 11) is -3.78. The van der Waals surface area contributed by atoms with E-state index in [-0.39, 0.29) is 21.6 Å². The Kier molecular flexibility index (Phi) is 4.11. The quantitative estimate of drug-likeness (QED) is 0.640. The Morgan fingerprint density at radius 1 is 1.27 bits per heavy atom. The smallest absolute Gasteiger partial charge is 0.271 e. The SMILES string of the molecule is O=[N+]([O-])c1ccc(S(=O)(=O)NC2CC3CCC(C2)N3)c(Cl)c1. The Morgan fingerprint density at radius 3 is 2.45 bits per heavy atom. The van der Waals surface area contributed by atoms with Gasteiger partial charge < -0.3 is 5.32 Å². The molecule has 2 N–H and O–H groups in total. The molecule has 2 bridgehead atoms. The molecule has 2 heterocycles. The number of non-ortho nitro benzene ring substituents is 1. The van der Waals surface area contributed by atoms with E-state index in [4.69, 9.17) is 11.6 Å². The number of piperidine rings is 1. The van der Waals surface area contributed by atoms with Crippen molar-refractivity contribution in [1.82, 2.24) is 10.0 Å². The Bertz CT molecular complexity index is 697. The van der Waals surface area contributed by atoms with Gasteiger partial charge in [0, 0.05) is 30.3 Å². The van der Waals surface area contributed by atoms with E-state index in [2.05, 4.69) is 10.0 Å². The molecule has 0 spiro atoms. The number of halogens is 1. The van der Waals surface area contributed by atoms with Crippen LogP contribution in [0, 0.1) is 10.1 Å².